The summed E-state index contributed by atoms with van der Waals surface area (Å²) < 4.78 is 0. The standard InChI is InChI=1S/C23H37N/c1-3-17-5-7-18(8-6-17)19-9-11-20(12-10-19)21-13-15-22(16-14-21)23(24)4-2/h5-8,19-23H,3-4,9-16,24H2,1-2H3. The second-order valence-corrected chi connectivity index (χ2v) is 8.45. The first-order chi connectivity index (χ1) is 11.7. The molecule has 24 heavy (non-hydrogen) atoms. The Kier molecular flexibility index (Phi) is 6.38. The van der Waals surface area contributed by atoms with E-state index in [1.165, 1.54) is 56.9 Å². The van der Waals surface area contributed by atoms with Gasteiger partial charge in [0.25, 0.3) is 0 Å². The third-order valence-corrected chi connectivity index (χ3v) is 7.19. The predicted molar refractivity (Wildman–Crippen MR) is 104 cm³/mol. The van der Waals surface area contributed by atoms with Gasteiger partial charge in [-0.1, -0.05) is 38.1 Å². The summed E-state index contributed by atoms with van der Waals surface area (Å²) in [6.45, 7) is 4.48. The molecule has 0 bridgehead atoms. The molecule has 1 nitrogen and oxygen atoms in total. The van der Waals surface area contributed by atoms with Crippen molar-refractivity contribution in [2.45, 2.75) is 90.0 Å². The molecule has 2 aliphatic rings. The lowest BCUT2D eigenvalue weighted by molar-refractivity contribution is 0.149. The average molecular weight is 328 g/mol. The molecule has 1 heteroatoms. The SMILES string of the molecule is CCc1ccc(C2CCC(C3CCC(C(N)CC)CC3)CC2)cc1. The number of hydrogen-bond acceptors (Lipinski definition) is 1. The van der Waals surface area contributed by atoms with Crippen molar-refractivity contribution in [3.8, 4) is 0 Å². The number of hydrogen-bond donors (Lipinski definition) is 1. The lowest BCUT2D eigenvalue weighted by Crippen LogP contribution is -2.34. The molecule has 0 spiro atoms. The zero-order valence-electron chi connectivity index (χ0n) is 15.8. The molecule has 2 N–H and O–H groups in total. The van der Waals surface area contributed by atoms with Crippen LogP contribution in [0.5, 0.6) is 0 Å². The van der Waals surface area contributed by atoms with Crippen LogP contribution in [0.4, 0.5) is 0 Å². The zero-order chi connectivity index (χ0) is 16.9. The maximum atomic E-state index is 6.27. The van der Waals surface area contributed by atoms with Gasteiger partial charge in [0.05, 0.1) is 0 Å². The van der Waals surface area contributed by atoms with Crippen LogP contribution in [0.3, 0.4) is 0 Å². The van der Waals surface area contributed by atoms with Crippen molar-refractivity contribution in [2.24, 2.45) is 23.5 Å². The molecule has 3 rings (SSSR count). The summed E-state index contributed by atoms with van der Waals surface area (Å²) in [4.78, 5) is 0. The Labute approximate surface area is 149 Å². The van der Waals surface area contributed by atoms with Crippen LogP contribution in [0.1, 0.15) is 88.7 Å². The maximum Gasteiger partial charge on any atom is 0.00645 e. The van der Waals surface area contributed by atoms with Crippen molar-refractivity contribution < 1.29 is 0 Å². The minimum atomic E-state index is 0.452. The average Bonchev–Trinajstić information content (AvgIpc) is 2.68. The molecular formula is C23H37N. The van der Waals surface area contributed by atoms with E-state index in [0.29, 0.717) is 6.04 Å². The van der Waals surface area contributed by atoms with E-state index in [9.17, 15) is 0 Å². The highest BCUT2D eigenvalue weighted by Gasteiger charge is 2.32. The molecule has 2 aliphatic carbocycles. The van der Waals surface area contributed by atoms with E-state index in [1.807, 2.05) is 0 Å². The van der Waals surface area contributed by atoms with E-state index in [-0.39, 0.29) is 0 Å². The molecule has 1 aromatic carbocycles. The lowest BCUT2D eigenvalue weighted by atomic mass is 9.67. The van der Waals surface area contributed by atoms with Gasteiger partial charge in [0.15, 0.2) is 0 Å². The Morgan fingerprint density at radius 2 is 1.38 bits per heavy atom. The van der Waals surface area contributed by atoms with E-state index in [0.717, 1.165) is 36.5 Å². The van der Waals surface area contributed by atoms with Crippen LogP contribution >= 0.6 is 0 Å². The third-order valence-electron chi connectivity index (χ3n) is 7.19. The summed E-state index contributed by atoms with van der Waals surface area (Å²) in [6, 6.07) is 9.90. The largest absolute Gasteiger partial charge is 0.327 e. The molecule has 0 heterocycles. The van der Waals surface area contributed by atoms with Crippen LogP contribution in [-0.4, -0.2) is 6.04 Å². The van der Waals surface area contributed by atoms with Crippen LogP contribution in [0.25, 0.3) is 0 Å². The zero-order valence-corrected chi connectivity index (χ0v) is 15.8. The van der Waals surface area contributed by atoms with Crippen LogP contribution < -0.4 is 5.73 Å². The monoisotopic (exact) mass is 327 g/mol. The Morgan fingerprint density at radius 1 is 0.833 bits per heavy atom. The fourth-order valence-electron chi connectivity index (χ4n) is 5.33. The van der Waals surface area contributed by atoms with Crippen molar-refractivity contribution in [2.75, 3.05) is 0 Å². The minimum absolute atomic E-state index is 0.452. The topological polar surface area (TPSA) is 26.0 Å². The molecule has 2 saturated carbocycles. The molecule has 1 unspecified atom stereocenters. The third kappa shape index (κ3) is 4.23. The number of rotatable bonds is 5. The smallest absolute Gasteiger partial charge is 0.00645 e. The first-order valence-electron chi connectivity index (χ1n) is 10.6. The Bertz CT molecular complexity index is 475. The van der Waals surface area contributed by atoms with Crippen LogP contribution in [0.2, 0.25) is 0 Å². The van der Waals surface area contributed by atoms with Crippen molar-refractivity contribution >= 4 is 0 Å². The first-order valence-corrected chi connectivity index (χ1v) is 10.6. The molecule has 1 aromatic rings. The van der Waals surface area contributed by atoms with Gasteiger partial charge in [0, 0.05) is 6.04 Å². The number of aryl methyl sites for hydroxylation is 1. The first kappa shape index (κ1) is 18.0. The van der Waals surface area contributed by atoms with E-state index >= 15 is 0 Å². The van der Waals surface area contributed by atoms with Gasteiger partial charge < -0.3 is 5.73 Å². The molecule has 0 aliphatic heterocycles. The fraction of sp³-hybridized carbons (Fsp3) is 0.739. The maximum absolute atomic E-state index is 6.27. The van der Waals surface area contributed by atoms with Gasteiger partial charge in [-0.15, -0.1) is 0 Å². The molecule has 2 fully saturated rings. The highest BCUT2D eigenvalue weighted by Crippen LogP contribution is 2.44. The van der Waals surface area contributed by atoms with Gasteiger partial charge in [0.1, 0.15) is 0 Å². The molecule has 1 atom stereocenters. The van der Waals surface area contributed by atoms with Crippen molar-refractivity contribution in [1.29, 1.82) is 0 Å². The second kappa shape index (κ2) is 8.52. The Morgan fingerprint density at radius 3 is 1.88 bits per heavy atom. The Balaban J connectivity index is 1.47. The van der Waals surface area contributed by atoms with Gasteiger partial charge in [-0.2, -0.15) is 0 Å². The van der Waals surface area contributed by atoms with Gasteiger partial charge in [-0.25, -0.2) is 0 Å². The van der Waals surface area contributed by atoms with Crippen LogP contribution in [0.15, 0.2) is 24.3 Å². The normalized spacial score (nSPS) is 32.5. The van der Waals surface area contributed by atoms with Crippen molar-refractivity contribution in [3.63, 3.8) is 0 Å². The van der Waals surface area contributed by atoms with Gasteiger partial charge in [0.2, 0.25) is 0 Å². The summed E-state index contributed by atoms with van der Waals surface area (Å²) in [5.41, 5.74) is 9.33. The number of nitrogens with two attached hydrogens (primary N) is 1. The number of benzene rings is 1. The summed E-state index contributed by atoms with van der Waals surface area (Å²) in [5.74, 6) is 3.61. The fourth-order valence-corrected chi connectivity index (χ4v) is 5.33. The van der Waals surface area contributed by atoms with E-state index in [2.05, 4.69) is 38.1 Å². The predicted octanol–water partition coefficient (Wildman–Crippen LogP) is 6.07. The highest BCUT2D eigenvalue weighted by molar-refractivity contribution is 5.25. The van der Waals surface area contributed by atoms with Gasteiger partial charge in [-0.3, -0.25) is 0 Å². The minimum Gasteiger partial charge on any atom is -0.327 e. The molecule has 0 amide bonds. The lowest BCUT2D eigenvalue weighted by Gasteiger charge is -2.39. The van der Waals surface area contributed by atoms with E-state index in [4.69, 9.17) is 5.73 Å². The molecule has 0 saturated heterocycles. The van der Waals surface area contributed by atoms with Gasteiger partial charge in [-0.05, 0) is 99.0 Å². The molecular weight excluding hydrogens is 290 g/mol. The van der Waals surface area contributed by atoms with Crippen LogP contribution in [-0.2, 0) is 6.42 Å². The van der Waals surface area contributed by atoms with Crippen molar-refractivity contribution in [1.82, 2.24) is 0 Å². The van der Waals surface area contributed by atoms with Crippen molar-refractivity contribution in [3.05, 3.63) is 35.4 Å². The molecule has 0 aromatic heterocycles. The van der Waals surface area contributed by atoms with Crippen LogP contribution in [0, 0.1) is 17.8 Å². The summed E-state index contributed by atoms with van der Waals surface area (Å²) >= 11 is 0. The summed E-state index contributed by atoms with van der Waals surface area (Å²) in [7, 11) is 0. The van der Waals surface area contributed by atoms with E-state index < -0.39 is 0 Å². The quantitative estimate of drug-likeness (QED) is 0.698. The van der Waals surface area contributed by atoms with Gasteiger partial charge >= 0.3 is 0 Å². The summed E-state index contributed by atoms with van der Waals surface area (Å²) in [6.07, 6.45) is 13.7. The summed E-state index contributed by atoms with van der Waals surface area (Å²) in [5, 5.41) is 0. The molecule has 0 radical (unpaired) electrons. The second-order valence-electron chi connectivity index (χ2n) is 8.45. The molecule has 134 valence electrons. The van der Waals surface area contributed by atoms with E-state index in [1.54, 1.807) is 5.56 Å². The highest BCUT2D eigenvalue weighted by atomic mass is 14.6. The Hall–Kier alpha value is -0.820.